The molecule has 0 unspecified atom stereocenters. The molecule has 0 aromatic rings. The van der Waals surface area contributed by atoms with Gasteiger partial charge in [-0.1, -0.05) is 232 Å². The Morgan fingerprint density at radius 2 is 0.681 bits per heavy atom. The van der Waals surface area contributed by atoms with E-state index >= 15 is 0 Å². The summed E-state index contributed by atoms with van der Waals surface area (Å²) in [6.45, 7) is 4.38. The quantitative estimate of drug-likeness (QED) is 0.0570. The molecular weight excluding hydrogens is 578 g/mol. The molecule has 4 nitrogen and oxygen atoms in total. The summed E-state index contributed by atoms with van der Waals surface area (Å²) in [4.78, 5) is 12.4. The van der Waals surface area contributed by atoms with Crippen molar-refractivity contribution in [3.63, 3.8) is 0 Å². The van der Waals surface area contributed by atoms with Crippen molar-refractivity contribution < 1.29 is 15.0 Å². The number of hydrogen-bond acceptors (Lipinski definition) is 3. The van der Waals surface area contributed by atoms with E-state index in [1.165, 1.54) is 199 Å². The molecule has 0 saturated heterocycles. The molecule has 0 radical (unpaired) electrons. The molecule has 4 heteroatoms. The van der Waals surface area contributed by atoms with Crippen LogP contribution in [0.5, 0.6) is 0 Å². The van der Waals surface area contributed by atoms with E-state index in [-0.39, 0.29) is 12.5 Å². The van der Waals surface area contributed by atoms with E-state index in [1.54, 1.807) is 0 Å². The topological polar surface area (TPSA) is 69.6 Å². The van der Waals surface area contributed by atoms with Gasteiger partial charge in [-0.05, 0) is 12.8 Å². The molecule has 0 aliphatic carbocycles. The first kappa shape index (κ1) is 46.4. The second-order valence-corrected chi connectivity index (χ2v) is 15.1. The van der Waals surface area contributed by atoms with Crippen LogP contribution in [-0.4, -0.2) is 34.9 Å². The smallest absolute Gasteiger partial charge is 0.220 e. The number of carbonyl (C=O) groups excluding carboxylic acids is 1. The van der Waals surface area contributed by atoms with Gasteiger partial charge in [-0.3, -0.25) is 4.79 Å². The first-order valence-electron chi connectivity index (χ1n) is 21.7. The van der Waals surface area contributed by atoms with Crippen LogP contribution in [0.2, 0.25) is 0 Å². The average molecular weight is 666 g/mol. The molecule has 0 aromatic carbocycles. The Kier molecular flexibility index (Phi) is 39.3. The number of amides is 1. The minimum atomic E-state index is -0.652. The SMILES string of the molecule is CCCCCCCCCCCCCCCCCCCCCCC(=O)N[C@@H](CO)[C@H](O)CCCCCCCCCCCCCCCCC. The van der Waals surface area contributed by atoms with Crippen molar-refractivity contribution in [1.29, 1.82) is 0 Å². The lowest BCUT2D eigenvalue weighted by Crippen LogP contribution is -2.45. The van der Waals surface area contributed by atoms with E-state index < -0.39 is 12.1 Å². The number of unbranched alkanes of at least 4 members (excludes halogenated alkanes) is 33. The number of aliphatic hydroxyl groups excluding tert-OH is 2. The molecule has 0 aromatic heterocycles. The zero-order valence-corrected chi connectivity index (χ0v) is 32.3. The normalized spacial score (nSPS) is 12.9. The Morgan fingerprint density at radius 3 is 0.957 bits per heavy atom. The van der Waals surface area contributed by atoms with Crippen molar-refractivity contribution in [3.8, 4) is 0 Å². The van der Waals surface area contributed by atoms with Crippen molar-refractivity contribution in [1.82, 2.24) is 5.32 Å². The Labute approximate surface area is 295 Å². The van der Waals surface area contributed by atoms with Crippen LogP contribution in [0.3, 0.4) is 0 Å². The van der Waals surface area contributed by atoms with Gasteiger partial charge in [0.1, 0.15) is 0 Å². The fourth-order valence-electron chi connectivity index (χ4n) is 7.01. The highest BCUT2D eigenvalue weighted by Crippen LogP contribution is 2.17. The monoisotopic (exact) mass is 666 g/mol. The van der Waals surface area contributed by atoms with Crippen LogP contribution in [-0.2, 0) is 4.79 Å². The number of aliphatic hydroxyl groups is 2. The van der Waals surface area contributed by atoms with Gasteiger partial charge < -0.3 is 15.5 Å². The van der Waals surface area contributed by atoms with Crippen LogP contribution in [0.15, 0.2) is 0 Å². The number of hydrogen-bond donors (Lipinski definition) is 3. The maximum atomic E-state index is 12.4. The van der Waals surface area contributed by atoms with Gasteiger partial charge in [0.05, 0.1) is 18.8 Å². The molecule has 0 heterocycles. The third-order valence-electron chi connectivity index (χ3n) is 10.4. The summed E-state index contributed by atoms with van der Waals surface area (Å²) < 4.78 is 0. The molecule has 0 spiro atoms. The van der Waals surface area contributed by atoms with E-state index in [0.717, 1.165) is 25.7 Å². The highest BCUT2D eigenvalue weighted by atomic mass is 16.3. The lowest BCUT2D eigenvalue weighted by molar-refractivity contribution is -0.123. The van der Waals surface area contributed by atoms with Gasteiger partial charge in [-0.25, -0.2) is 0 Å². The van der Waals surface area contributed by atoms with Crippen LogP contribution < -0.4 is 5.32 Å². The number of nitrogens with one attached hydrogen (secondary N) is 1. The van der Waals surface area contributed by atoms with E-state index in [1.807, 2.05) is 0 Å². The standard InChI is InChI=1S/C43H87NO3/c1-3-5-7-9-11-13-15-17-19-20-21-22-23-25-27-29-31-33-35-37-39-43(47)44-41(40-45)42(46)38-36-34-32-30-28-26-24-18-16-14-12-10-8-6-4-2/h41-42,45-46H,3-40H2,1-2H3,(H,44,47)/t41-,42+/m0/s1. The van der Waals surface area contributed by atoms with Crippen molar-refractivity contribution in [2.75, 3.05) is 6.61 Å². The van der Waals surface area contributed by atoms with Gasteiger partial charge in [0, 0.05) is 6.42 Å². The molecule has 0 aliphatic rings. The van der Waals surface area contributed by atoms with E-state index in [0.29, 0.717) is 12.8 Å². The largest absolute Gasteiger partial charge is 0.394 e. The first-order valence-corrected chi connectivity index (χ1v) is 21.7. The second kappa shape index (κ2) is 39.8. The third kappa shape index (κ3) is 36.5. The van der Waals surface area contributed by atoms with Crippen LogP contribution >= 0.6 is 0 Å². The van der Waals surface area contributed by atoms with Crippen molar-refractivity contribution in [2.45, 2.75) is 264 Å². The minimum Gasteiger partial charge on any atom is -0.394 e. The first-order chi connectivity index (χ1) is 23.2. The van der Waals surface area contributed by atoms with Crippen molar-refractivity contribution >= 4 is 5.91 Å². The summed E-state index contributed by atoms with van der Waals surface area (Å²) in [5.41, 5.74) is 0. The molecular formula is C43H87NO3. The highest BCUT2D eigenvalue weighted by Gasteiger charge is 2.20. The number of carbonyl (C=O) groups is 1. The summed E-state index contributed by atoms with van der Waals surface area (Å²) in [7, 11) is 0. The van der Waals surface area contributed by atoms with Gasteiger partial charge >= 0.3 is 0 Å². The van der Waals surface area contributed by atoms with Crippen LogP contribution in [0.4, 0.5) is 0 Å². The Bertz CT molecular complexity index is 598. The second-order valence-electron chi connectivity index (χ2n) is 15.1. The summed E-state index contributed by atoms with van der Waals surface area (Å²) in [6, 6.07) is -0.528. The third-order valence-corrected chi connectivity index (χ3v) is 10.4. The highest BCUT2D eigenvalue weighted by molar-refractivity contribution is 5.76. The van der Waals surface area contributed by atoms with Gasteiger partial charge in [-0.2, -0.15) is 0 Å². The van der Waals surface area contributed by atoms with Gasteiger partial charge in [-0.15, -0.1) is 0 Å². The number of rotatable bonds is 40. The van der Waals surface area contributed by atoms with E-state index in [2.05, 4.69) is 19.2 Å². The van der Waals surface area contributed by atoms with Crippen molar-refractivity contribution in [2.24, 2.45) is 0 Å². The Morgan fingerprint density at radius 1 is 0.426 bits per heavy atom. The molecule has 2 atom stereocenters. The molecule has 0 aliphatic heterocycles. The van der Waals surface area contributed by atoms with E-state index in [4.69, 9.17) is 0 Å². The predicted octanol–water partition coefficient (Wildman–Crippen LogP) is 13.3. The van der Waals surface area contributed by atoms with Gasteiger partial charge in [0.25, 0.3) is 0 Å². The van der Waals surface area contributed by atoms with Crippen LogP contribution in [0.25, 0.3) is 0 Å². The predicted molar refractivity (Wildman–Crippen MR) is 207 cm³/mol. The summed E-state index contributed by atoms with van der Waals surface area (Å²) in [5, 5.41) is 23.2. The molecule has 3 N–H and O–H groups in total. The zero-order valence-electron chi connectivity index (χ0n) is 32.3. The van der Waals surface area contributed by atoms with Gasteiger partial charge in [0.2, 0.25) is 5.91 Å². The van der Waals surface area contributed by atoms with Crippen molar-refractivity contribution in [3.05, 3.63) is 0 Å². The van der Waals surface area contributed by atoms with Gasteiger partial charge in [0.15, 0.2) is 0 Å². The zero-order chi connectivity index (χ0) is 34.3. The molecule has 47 heavy (non-hydrogen) atoms. The average Bonchev–Trinajstić information content (AvgIpc) is 3.07. The van der Waals surface area contributed by atoms with Crippen LogP contribution in [0.1, 0.15) is 251 Å². The molecule has 0 bridgehead atoms. The maximum absolute atomic E-state index is 12.4. The summed E-state index contributed by atoms with van der Waals surface area (Å²) in [6.07, 6.45) is 47.5. The lowest BCUT2D eigenvalue weighted by atomic mass is 10.0. The minimum absolute atomic E-state index is 0.0259. The van der Waals surface area contributed by atoms with E-state index in [9.17, 15) is 15.0 Å². The molecule has 0 fully saturated rings. The molecule has 282 valence electrons. The molecule has 0 saturated carbocycles. The maximum Gasteiger partial charge on any atom is 0.220 e. The Balaban J connectivity index is 3.46. The lowest BCUT2D eigenvalue weighted by Gasteiger charge is -2.22. The fourth-order valence-corrected chi connectivity index (χ4v) is 7.01. The molecule has 1 amide bonds. The molecule has 0 rings (SSSR count). The van der Waals surface area contributed by atoms with Crippen LogP contribution in [0, 0.1) is 0 Å². The fraction of sp³-hybridized carbons (Fsp3) is 0.977. The summed E-state index contributed by atoms with van der Waals surface area (Å²) >= 11 is 0. The Hall–Kier alpha value is -0.610. The summed E-state index contributed by atoms with van der Waals surface area (Å²) in [5.74, 6) is -0.0259.